The van der Waals surface area contributed by atoms with Crippen molar-refractivity contribution in [3.63, 3.8) is 0 Å². The smallest absolute Gasteiger partial charge is 0.223 e. The Morgan fingerprint density at radius 3 is 1.94 bits per heavy atom. The molecule has 0 unspecified atom stereocenters. The molecule has 0 amide bonds. The summed E-state index contributed by atoms with van der Waals surface area (Å²) < 4.78 is 35.0. The van der Waals surface area contributed by atoms with E-state index in [0.717, 1.165) is 5.56 Å². The van der Waals surface area contributed by atoms with Gasteiger partial charge in [0.1, 0.15) is 12.5 Å². The largest absolute Gasteiger partial charge is 1.00 e. The van der Waals surface area contributed by atoms with Crippen molar-refractivity contribution >= 4 is 19.8 Å². The number of sulfone groups is 1. The van der Waals surface area contributed by atoms with Crippen LogP contribution in [0.1, 0.15) is 5.56 Å². The fourth-order valence-electron chi connectivity index (χ4n) is 1.19. The molecule has 0 fully saturated rings. The van der Waals surface area contributed by atoms with Gasteiger partial charge in [-0.1, -0.05) is 17.7 Å². The van der Waals surface area contributed by atoms with E-state index < -0.39 is 19.8 Å². The number of halogens is 1. The normalized spacial score (nSPS) is 11.9. The molecular weight excluding hydrogens is 251 g/mol. The van der Waals surface area contributed by atoms with Gasteiger partial charge in [-0.3, -0.25) is 0 Å². The Kier molecular flexibility index (Phi) is 4.82. The Labute approximate surface area is 96.6 Å². The predicted molar refractivity (Wildman–Crippen MR) is 63.1 cm³/mol. The molecule has 1 aromatic carbocycles. The third-order valence-corrected chi connectivity index (χ3v) is 6.32. The van der Waals surface area contributed by atoms with Crippen LogP contribution in [0.3, 0.4) is 0 Å². The summed E-state index contributed by atoms with van der Waals surface area (Å²) in [6, 6.07) is 6.58. The van der Waals surface area contributed by atoms with Crippen LogP contribution in [0.4, 0.5) is 0 Å². The Morgan fingerprint density at radius 1 is 1.12 bits per heavy atom. The third-order valence-electron chi connectivity index (χ3n) is 1.82. The zero-order chi connectivity index (χ0) is 11.7. The second kappa shape index (κ2) is 5.05. The molecule has 6 heteroatoms. The van der Waals surface area contributed by atoms with Gasteiger partial charge in [0.2, 0.25) is 14.9 Å². The van der Waals surface area contributed by atoms with Gasteiger partial charge in [-0.2, -0.15) is 0 Å². The molecule has 0 atom stereocenters. The maximum absolute atomic E-state index is 11.8. The third kappa shape index (κ3) is 4.40. The van der Waals surface area contributed by atoms with Gasteiger partial charge in [0.25, 0.3) is 0 Å². The molecule has 0 spiro atoms. The molecule has 0 saturated carbocycles. The molecule has 1 aromatic rings. The van der Waals surface area contributed by atoms with E-state index >= 15 is 0 Å². The van der Waals surface area contributed by atoms with Gasteiger partial charge in [-0.05, 0) is 19.1 Å². The lowest BCUT2D eigenvalue weighted by Crippen LogP contribution is -3.00. The fraction of sp³-hybridized carbons (Fsp3) is 0.400. The first-order valence-corrected chi connectivity index (χ1v) is 8.62. The number of benzene rings is 1. The van der Waals surface area contributed by atoms with E-state index in [1.165, 1.54) is 12.5 Å². The molecule has 0 N–H and O–H groups in total. The van der Waals surface area contributed by atoms with Gasteiger partial charge >= 0.3 is 0 Å². The zero-order valence-electron chi connectivity index (χ0n) is 9.44. The molecule has 0 heterocycles. The van der Waals surface area contributed by atoms with E-state index in [-0.39, 0.29) is 14.7 Å². The van der Waals surface area contributed by atoms with Crippen LogP contribution in [0.25, 0.3) is 0 Å². The van der Waals surface area contributed by atoms with Gasteiger partial charge in [0.15, 0.2) is 0 Å². The molecular formula is C10H15FO3S2. The predicted octanol–water partition coefficient (Wildman–Crippen LogP) is -1.51. The van der Waals surface area contributed by atoms with Crippen LogP contribution >= 0.6 is 0 Å². The maximum Gasteiger partial charge on any atom is 0.223 e. The van der Waals surface area contributed by atoms with Crippen molar-refractivity contribution in [2.45, 2.75) is 11.8 Å². The van der Waals surface area contributed by atoms with Gasteiger partial charge in [0, 0.05) is 0 Å². The number of rotatable bonds is 3. The minimum absolute atomic E-state index is 0. The monoisotopic (exact) mass is 266 g/mol. The summed E-state index contributed by atoms with van der Waals surface area (Å²) >= 11 is 0. The van der Waals surface area contributed by atoms with Crippen molar-refractivity contribution in [1.82, 2.24) is 0 Å². The number of hydrogen-bond acceptors (Lipinski definition) is 3. The van der Waals surface area contributed by atoms with Gasteiger partial charge in [0.05, 0.1) is 14.8 Å². The van der Waals surface area contributed by atoms with E-state index in [9.17, 15) is 12.6 Å². The number of aryl methyl sites for hydroxylation is 1. The van der Waals surface area contributed by atoms with Crippen LogP contribution in [-0.4, -0.2) is 26.0 Å². The summed E-state index contributed by atoms with van der Waals surface area (Å²) in [5.41, 5.74) is 1.00. The lowest BCUT2D eigenvalue weighted by molar-refractivity contribution is -0.00000728. The van der Waals surface area contributed by atoms with Crippen LogP contribution in [0.5, 0.6) is 0 Å². The summed E-state index contributed by atoms with van der Waals surface area (Å²) in [5, 5.41) is -0.289. The van der Waals surface area contributed by atoms with Crippen molar-refractivity contribution in [3.8, 4) is 0 Å². The molecule has 0 radical (unpaired) electrons. The molecule has 0 aliphatic rings. The van der Waals surface area contributed by atoms with Crippen molar-refractivity contribution in [2.24, 2.45) is 0 Å². The average Bonchev–Trinajstić information content (AvgIpc) is 2.00. The standard InChI is InChI=1S/C10H15O3S2.FH/c1-9-4-6-10(7-5-9)15(12,13)8-14(2,3)11;/h4-7H,8H2,1-3H3;1H/q+1;/p-1. The summed E-state index contributed by atoms with van der Waals surface area (Å²) in [5.74, 6) is 0. The second-order valence-electron chi connectivity index (χ2n) is 3.98. The highest BCUT2D eigenvalue weighted by Crippen LogP contribution is 2.15. The van der Waals surface area contributed by atoms with Crippen molar-refractivity contribution < 1.29 is 17.3 Å². The molecule has 0 aromatic heterocycles. The van der Waals surface area contributed by atoms with Crippen LogP contribution in [0.15, 0.2) is 29.2 Å². The number of hydrogen-bond donors (Lipinski definition) is 0. The average molecular weight is 266 g/mol. The van der Waals surface area contributed by atoms with Crippen LogP contribution in [-0.2, 0) is 24.0 Å². The molecule has 92 valence electrons. The summed E-state index contributed by atoms with van der Waals surface area (Å²) in [6.07, 6.45) is 2.91. The minimum atomic E-state index is -3.41. The zero-order valence-corrected chi connectivity index (χ0v) is 11.1. The first-order valence-electron chi connectivity index (χ1n) is 4.42. The molecule has 0 aliphatic carbocycles. The van der Waals surface area contributed by atoms with E-state index in [1.54, 1.807) is 24.3 Å². The van der Waals surface area contributed by atoms with Gasteiger partial charge in [-0.15, -0.1) is 4.21 Å². The summed E-state index contributed by atoms with van der Waals surface area (Å²) in [6.45, 7) is 1.89. The van der Waals surface area contributed by atoms with Crippen LogP contribution in [0, 0.1) is 6.92 Å². The molecule has 0 aliphatic heterocycles. The Bertz CT molecular complexity index is 485. The van der Waals surface area contributed by atoms with Crippen molar-refractivity contribution in [2.75, 3.05) is 17.6 Å². The Morgan fingerprint density at radius 2 is 1.56 bits per heavy atom. The van der Waals surface area contributed by atoms with E-state index in [2.05, 4.69) is 0 Å². The van der Waals surface area contributed by atoms with Gasteiger partial charge < -0.3 is 4.70 Å². The second-order valence-corrected chi connectivity index (χ2v) is 9.50. The quantitative estimate of drug-likeness (QED) is 0.625. The Hall–Kier alpha value is -0.750. The fourth-order valence-corrected chi connectivity index (χ4v) is 5.27. The topological polar surface area (TPSA) is 51.2 Å². The highest BCUT2D eigenvalue weighted by atomic mass is 32.3. The Balaban J connectivity index is 0.00000225. The minimum Gasteiger partial charge on any atom is -1.00 e. The molecule has 1 rings (SSSR count). The first-order chi connectivity index (χ1) is 6.71. The van der Waals surface area contributed by atoms with E-state index in [1.807, 2.05) is 6.92 Å². The van der Waals surface area contributed by atoms with E-state index in [0.29, 0.717) is 0 Å². The SMILES string of the molecule is Cc1ccc(S(=O)(=O)C[S+](C)(C)=O)cc1.[F-]. The highest BCUT2D eigenvalue weighted by molar-refractivity contribution is 8.13. The van der Waals surface area contributed by atoms with E-state index in [4.69, 9.17) is 0 Å². The maximum atomic E-state index is 11.8. The van der Waals surface area contributed by atoms with Crippen LogP contribution < -0.4 is 4.70 Å². The van der Waals surface area contributed by atoms with Crippen molar-refractivity contribution in [3.05, 3.63) is 29.8 Å². The molecule has 0 saturated heterocycles. The molecule has 16 heavy (non-hydrogen) atoms. The molecule has 0 bridgehead atoms. The summed E-state index contributed by atoms with van der Waals surface area (Å²) in [7, 11) is -5.69. The highest BCUT2D eigenvalue weighted by Gasteiger charge is 2.26. The van der Waals surface area contributed by atoms with Gasteiger partial charge in [-0.25, -0.2) is 8.42 Å². The van der Waals surface area contributed by atoms with Crippen molar-refractivity contribution in [1.29, 1.82) is 0 Å². The lowest BCUT2D eigenvalue weighted by atomic mass is 10.2. The summed E-state index contributed by atoms with van der Waals surface area (Å²) in [4.78, 5) is 0.240. The lowest BCUT2D eigenvalue weighted by Gasteiger charge is -2.04. The van der Waals surface area contributed by atoms with Crippen LogP contribution in [0.2, 0.25) is 0 Å². The first kappa shape index (κ1) is 15.2. The molecule has 3 nitrogen and oxygen atoms in total.